The van der Waals surface area contributed by atoms with Crippen molar-refractivity contribution in [2.24, 2.45) is 5.92 Å². The van der Waals surface area contributed by atoms with Crippen LogP contribution in [0.15, 0.2) is 24.3 Å². The number of halogens is 1. The van der Waals surface area contributed by atoms with E-state index in [0.717, 1.165) is 0 Å². The number of esters is 1. The number of benzene rings is 1. The fraction of sp³-hybridized carbons (Fsp3) is 0.467. The Labute approximate surface area is 123 Å². The Morgan fingerprint density at radius 3 is 2.52 bits per heavy atom. The van der Waals surface area contributed by atoms with Gasteiger partial charge in [-0.25, -0.2) is 14.0 Å². The maximum atomic E-state index is 13.4. The standard InChI is InChI=1S/C15H21FN2O3/c1-10(2)8-13(14(19)21-3)18-15(20)17-9-11-6-4-5-7-12(11)16/h4-7,10,13H,8-9H2,1-3H3,(H2,17,18,20)/t13-/m0/s1. The van der Waals surface area contributed by atoms with Crippen LogP contribution in [0.1, 0.15) is 25.8 Å². The number of carbonyl (C=O) groups is 2. The largest absolute Gasteiger partial charge is 0.467 e. The molecule has 0 aromatic heterocycles. The number of nitrogens with one attached hydrogen (secondary N) is 2. The summed E-state index contributed by atoms with van der Waals surface area (Å²) < 4.78 is 18.1. The molecule has 0 aliphatic carbocycles. The summed E-state index contributed by atoms with van der Waals surface area (Å²) in [7, 11) is 1.27. The average Bonchev–Trinajstić information content (AvgIpc) is 2.44. The van der Waals surface area contributed by atoms with E-state index in [1.54, 1.807) is 18.2 Å². The summed E-state index contributed by atoms with van der Waals surface area (Å²) in [6, 6.07) is 4.93. The lowest BCUT2D eigenvalue weighted by Crippen LogP contribution is -2.46. The number of urea groups is 1. The summed E-state index contributed by atoms with van der Waals surface area (Å²) in [5.41, 5.74) is 0.381. The van der Waals surface area contributed by atoms with Gasteiger partial charge in [0.05, 0.1) is 7.11 Å². The van der Waals surface area contributed by atoms with Crippen molar-refractivity contribution in [3.63, 3.8) is 0 Å². The van der Waals surface area contributed by atoms with Gasteiger partial charge >= 0.3 is 12.0 Å². The van der Waals surface area contributed by atoms with E-state index in [0.29, 0.717) is 12.0 Å². The van der Waals surface area contributed by atoms with Crippen molar-refractivity contribution in [1.82, 2.24) is 10.6 Å². The van der Waals surface area contributed by atoms with Crippen molar-refractivity contribution in [3.8, 4) is 0 Å². The normalized spacial score (nSPS) is 11.9. The number of rotatable bonds is 6. The third kappa shape index (κ3) is 5.81. The maximum Gasteiger partial charge on any atom is 0.328 e. The maximum absolute atomic E-state index is 13.4. The van der Waals surface area contributed by atoms with E-state index in [4.69, 9.17) is 0 Å². The van der Waals surface area contributed by atoms with Crippen LogP contribution in [-0.4, -0.2) is 25.2 Å². The van der Waals surface area contributed by atoms with Gasteiger partial charge in [0, 0.05) is 12.1 Å². The molecule has 0 aliphatic heterocycles. The molecule has 0 spiro atoms. The smallest absolute Gasteiger partial charge is 0.328 e. The van der Waals surface area contributed by atoms with Crippen LogP contribution in [0.4, 0.5) is 9.18 Å². The Hall–Kier alpha value is -2.11. The topological polar surface area (TPSA) is 67.4 Å². The van der Waals surface area contributed by atoms with E-state index in [1.807, 2.05) is 13.8 Å². The summed E-state index contributed by atoms with van der Waals surface area (Å²) in [6.07, 6.45) is 0.472. The Morgan fingerprint density at radius 1 is 1.29 bits per heavy atom. The molecule has 5 nitrogen and oxygen atoms in total. The molecule has 1 atom stereocenters. The van der Waals surface area contributed by atoms with Crippen molar-refractivity contribution >= 4 is 12.0 Å². The highest BCUT2D eigenvalue weighted by molar-refractivity contribution is 5.83. The molecule has 0 saturated carbocycles. The fourth-order valence-electron chi connectivity index (χ4n) is 1.85. The minimum atomic E-state index is -0.712. The quantitative estimate of drug-likeness (QED) is 0.791. The molecular weight excluding hydrogens is 275 g/mol. The monoisotopic (exact) mass is 296 g/mol. The minimum Gasteiger partial charge on any atom is -0.467 e. The van der Waals surface area contributed by atoms with Crippen LogP contribution in [0.5, 0.6) is 0 Å². The summed E-state index contributed by atoms with van der Waals surface area (Å²) in [4.78, 5) is 23.4. The summed E-state index contributed by atoms with van der Waals surface area (Å²) >= 11 is 0. The number of amides is 2. The van der Waals surface area contributed by atoms with E-state index in [1.165, 1.54) is 13.2 Å². The SMILES string of the molecule is COC(=O)[C@H](CC(C)C)NC(=O)NCc1ccccc1F. The van der Waals surface area contributed by atoms with Crippen molar-refractivity contribution in [3.05, 3.63) is 35.6 Å². The molecule has 6 heteroatoms. The molecule has 2 N–H and O–H groups in total. The fourth-order valence-corrected chi connectivity index (χ4v) is 1.85. The van der Waals surface area contributed by atoms with Crippen LogP contribution in [0.3, 0.4) is 0 Å². The summed E-state index contributed by atoms with van der Waals surface area (Å²) in [5, 5.41) is 5.07. The molecule has 1 aromatic rings. The zero-order valence-corrected chi connectivity index (χ0v) is 12.5. The first-order chi connectivity index (χ1) is 9.93. The van der Waals surface area contributed by atoms with Crippen LogP contribution < -0.4 is 10.6 Å². The van der Waals surface area contributed by atoms with Gasteiger partial charge in [-0.15, -0.1) is 0 Å². The lowest BCUT2D eigenvalue weighted by atomic mass is 10.0. The molecule has 0 unspecified atom stereocenters. The number of ether oxygens (including phenoxy) is 1. The second-order valence-corrected chi connectivity index (χ2v) is 5.12. The van der Waals surface area contributed by atoms with Gasteiger partial charge in [0.25, 0.3) is 0 Å². The minimum absolute atomic E-state index is 0.0497. The molecule has 116 valence electrons. The first-order valence-electron chi connectivity index (χ1n) is 6.79. The Morgan fingerprint density at radius 2 is 1.95 bits per heavy atom. The lowest BCUT2D eigenvalue weighted by Gasteiger charge is -2.18. The van der Waals surface area contributed by atoms with Gasteiger partial charge in [-0.1, -0.05) is 32.0 Å². The third-order valence-electron chi connectivity index (χ3n) is 2.90. The number of hydrogen-bond donors (Lipinski definition) is 2. The molecule has 0 bridgehead atoms. The molecule has 1 aromatic carbocycles. The van der Waals surface area contributed by atoms with Gasteiger partial charge < -0.3 is 15.4 Å². The van der Waals surface area contributed by atoms with E-state index in [9.17, 15) is 14.0 Å². The average molecular weight is 296 g/mol. The van der Waals surface area contributed by atoms with E-state index >= 15 is 0 Å². The highest BCUT2D eigenvalue weighted by Crippen LogP contribution is 2.07. The van der Waals surface area contributed by atoms with Gasteiger partial charge in [0.15, 0.2) is 0 Å². The summed E-state index contributed by atoms with van der Waals surface area (Å²) in [6.45, 7) is 3.93. The highest BCUT2D eigenvalue weighted by atomic mass is 19.1. The van der Waals surface area contributed by atoms with Crippen LogP contribution in [0.2, 0.25) is 0 Å². The summed E-state index contributed by atoms with van der Waals surface area (Å²) in [5.74, 6) is -0.657. The van der Waals surface area contributed by atoms with Crippen LogP contribution in [-0.2, 0) is 16.1 Å². The second kappa shape index (κ2) is 8.24. The molecule has 1 rings (SSSR count). The van der Waals surface area contributed by atoms with E-state index in [2.05, 4.69) is 15.4 Å². The van der Waals surface area contributed by atoms with Gasteiger partial charge in [-0.2, -0.15) is 0 Å². The zero-order chi connectivity index (χ0) is 15.8. The Bertz CT molecular complexity index is 492. The Balaban J connectivity index is 2.54. The second-order valence-electron chi connectivity index (χ2n) is 5.12. The van der Waals surface area contributed by atoms with E-state index < -0.39 is 18.0 Å². The van der Waals surface area contributed by atoms with Crippen molar-refractivity contribution in [2.45, 2.75) is 32.9 Å². The first-order valence-corrected chi connectivity index (χ1v) is 6.79. The van der Waals surface area contributed by atoms with Gasteiger partial charge in [0.1, 0.15) is 11.9 Å². The molecular formula is C15H21FN2O3. The van der Waals surface area contributed by atoms with Gasteiger partial charge in [0.2, 0.25) is 0 Å². The van der Waals surface area contributed by atoms with Crippen molar-refractivity contribution in [2.75, 3.05) is 7.11 Å². The number of methoxy groups -OCH3 is 1. The first kappa shape index (κ1) is 16.9. The molecule has 0 fully saturated rings. The van der Waals surface area contributed by atoms with Crippen molar-refractivity contribution in [1.29, 1.82) is 0 Å². The number of carbonyl (C=O) groups excluding carboxylic acids is 2. The third-order valence-corrected chi connectivity index (χ3v) is 2.90. The Kier molecular flexibility index (Phi) is 6.65. The molecule has 0 heterocycles. The predicted molar refractivity (Wildman–Crippen MR) is 77.0 cm³/mol. The molecule has 0 radical (unpaired) electrons. The highest BCUT2D eigenvalue weighted by Gasteiger charge is 2.22. The predicted octanol–water partition coefficient (Wildman–Crippen LogP) is 2.21. The molecule has 0 aliphatic rings. The molecule has 0 saturated heterocycles. The zero-order valence-electron chi connectivity index (χ0n) is 12.5. The van der Waals surface area contributed by atoms with Crippen molar-refractivity contribution < 1.29 is 18.7 Å². The van der Waals surface area contributed by atoms with Gasteiger partial charge in [-0.3, -0.25) is 0 Å². The van der Waals surface area contributed by atoms with Crippen LogP contribution in [0.25, 0.3) is 0 Å². The van der Waals surface area contributed by atoms with Crippen LogP contribution >= 0.6 is 0 Å². The number of hydrogen-bond acceptors (Lipinski definition) is 3. The van der Waals surface area contributed by atoms with Crippen LogP contribution in [0, 0.1) is 11.7 Å². The van der Waals surface area contributed by atoms with E-state index in [-0.39, 0.29) is 18.3 Å². The molecule has 2 amide bonds. The molecule has 21 heavy (non-hydrogen) atoms. The lowest BCUT2D eigenvalue weighted by molar-refractivity contribution is -0.143. The van der Waals surface area contributed by atoms with Gasteiger partial charge in [-0.05, 0) is 18.4 Å².